The van der Waals surface area contributed by atoms with Crippen LogP contribution in [0.5, 0.6) is 0 Å². The first-order valence-electron chi connectivity index (χ1n) is 3.64. The van der Waals surface area contributed by atoms with Crippen LogP contribution in [-0.2, 0) is 5.88 Å². The van der Waals surface area contributed by atoms with Crippen LogP contribution in [0.25, 0.3) is 0 Å². The Balaban J connectivity index is 3.44. The molecule has 0 amide bonds. The summed E-state index contributed by atoms with van der Waals surface area (Å²) in [5.74, 6) is -1.83. The van der Waals surface area contributed by atoms with E-state index in [1.165, 1.54) is 0 Å². The summed E-state index contributed by atoms with van der Waals surface area (Å²) in [6, 6.07) is 0. The number of aromatic nitrogens is 1. The maximum atomic E-state index is 13.2. The van der Waals surface area contributed by atoms with Crippen molar-refractivity contribution in [3.05, 3.63) is 33.4 Å². The molecule has 1 rings (SSSR count). The molecule has 8 heteroatoms. The van der Waals surface area contributed by atoms with Gasteiger partial charge in [-0.05, 0) is 0 Å². The first-order chi connectivity index (χ1) is 6.99. The molecular formula is C7H4ClF3N2O2. The molecule has 0 N–H and O–H groups in total. The second-order valence-electron chi connectivity index (χ2n) is 2.51. The molecule has 1 aromatic heterocycles. The molecule has 0 aliphatic heterocycles. The van der Waals surface area contributed by atoms with Crippen LogP contribution in [-0.4, -0.2) is 9.91 Å². The zero-order valence-electron chi connectivity index (χ0n) is 7.08. The van der Waals surface area contributed by atoms with Crippen LogP contribution in [0.4, 0.5) is 18.9 Å². The van der Waals surface area contributed by atoms with Crippen molar-refractivity contribution in [1.29, 1.82) is 0 Å². The second kappa shape index (κ2) is 4.43. The first kappa shape index (κ1) is 11.7. The number of halogens is 4. The van der Waals surface area contributed by atoms with E-state index in [0.29, 0.717) is 6.20 Å². The van der Waals surface area contributed by atoms with Crippen LogP contribution in [0.2, 0.25) is 0 Å². The lowest BCUT2D eigenvalue weighted by atomic mass is 10.2. The van der Waals surface area contributed by atoms with E-state index in [0.717, 1.165) is 0 Å². The van der Waals surface area contributed by atoms with Gasteiger partial charge in [0, 0.05) is 6.20 Å². The van der Waals surface area contributed by atoms with Crippen molar-refractivity contribution >= 4 is 17.3 Å². The topological polar surface area (TPSA) is 56.0 Å². The number of alkyl halides is 3. The fraction of sp³-hybridized carbons (Fsp3) is 0.286. The van der Waals surface area contributed by atoms with Gasteiger partial charge in [0.1, 0.15) is 5.56 Å². The zero-order chi connectivity index (χ0) is 11.6. The molecule has 0 unspecified atom stereocenters. The lowest BCUT2D eigenvalue weighted by Gasteiger charge is -2.04. The third kappa shape index (κ3) is 2.17. The number of pyridine rings is 1. The van der Waals surface area contributed by atoms with Crippen LogP contribution in [0.15, 0.2) is 6.20 Å². The van der Waals surface area contributed by atoms with Crippen LogP contribution < -0.4 is 0 Å². The Hall–Kier alpha value is -1.37. The zero-order valence-corrected chi connectivity index (χ0v) is 7.84. The lowest BCUT2D eigenvalue weighted by Crippen LogP contribution is -2.04. The molecule has 0 saturated carbocycles. The molecule has 0 aliphatic carbocycles. The third-order valence-electron chi connectivity index (χ3n) is 1.64. The van der Waals surface area contributed by atoms with E-state index < -0.39 is 40.0 Å². The average Bonchev–Trinajstić information content (AvgIpc) is 2.16. The molecule has 0 radical (unpaired) electrons. The van der Waals surface area contributed by atoms with E-state index in [9.17, 15) is 23.3 Å². The Kier molecular flexibility index (Phi) is 3.46. The Labute approximate surface area is 86.8 Å². The molecule has 0 spiro atoms. The predicted molar refractivity (Wildman–Crippen MR) is 45.4 cm³/mol. The average molecular weight is 241 g/mol. The van der Waals surface area contributed by atoms with Crippen molar-refractivity contribution in [3.63, 3.8) is 0 Å². The van der Waals surface area contributed by atoms with Crippen LogP contribution >= 0.6 is 11.6 Å². The normalized spacial score (nSPS) is 10.7. The van der Waals surface area contributed by atoms with Crippen molar-refractivity contribution in [2.45, 2.75) is 12.3 Å². The molecule has 0 aliphatic rings. The summed E-state index contributed by atoms with van der Waals surface area (Å²) in [5.41, 5.74) is -2.74. The van der Waals surface area contributed by atoms with Gasteiger partial charge in [-0.15, -0.1) is 11.6 Å². The van der Waals surface area contributed by atoms with Gasteiger partial charge in [-0.1, -0.05) is 0 Å². The molecule has 82 valence electrons. The van der Waals surface area contributed by atoms with Gasteiger partial charge in [-0.3, -0.25) is 15.1 Å². The second-order valence-corrected chi connectivity index (χ2v) is 2.78. The highest BCUT2D eigenvalue weighted by molar-refractivity contribution is 6.16. The molecule has 4 nitrogen and oxygen atoms in total. The smallest absolute Gasteiger partial charge is 0.258 e. The minimum absolute atomic E-state index is 0.420. The van der Waals surface area contributed by atoms with Gasteiger partial charge in [-0.25, -0.2) is 8.78 Å². The Morgan fingerprint density at radius 2 is 2.20 bits per heavy atom. The molecule has 0 fully saturated rings. The lowest BCUT2D eigenvalue weighted by molar-refractivity contribution is -0.389. The highest BCUT2D eigenvalue weighted by Gasteiger charge is 2.29. The molecular weight excluding hydrogens is 237 g/mol. The largest absolute Gasteiger partial charge is 0.317 e. The van der Waals surface area contributed by atoms with E-state index in [1.807, 2.05) is 0 Å². The minimum Gasteiger partial charge on any atom is -0.258 e. The minimum atomic E-state index is -3.16. The van der Waals surface area contributed by atoms with Crippen LogP contribution in [0.1, 0.15) is 17.7 Å². The van der Waals surface area contributed by atoms with Crippen molar-refractivity contribution < 1.29 is 18.1 Å². The van der Waals surface area contributed by atoms with Gasteiger partial charge in [0.2, 0.25) is 5.82 Å². The summed E-state index contributed by atoms with van der Waals surface area (Å²) < 4.78 is 37.7. The summed E-state index contributed by atoms with van der Waals surface area (Å²) in [6.07, 6.45) is -2.60. The molecule has 15 heavy (non-hydrogen) atoms. The van der Waals surface area contributed by atoms with Gasteiger partial charge < -0.3 is 0 Å². The number of nitro groups is 1. The third-order valence-corrected chi connectivity index (χ3v) is 1.89. The monoisotopic (exact) mass is 240 g/mol. The number of rotatable bonds is 3. The molecule has 0 atom stereocenters. The highest BCUT2D eigenvalue weighted by atomic mass is 35.5. The summed E-state index contributed by atoms with van der Waals surface area (Å²) in [5, 5.41) is 10.4. The van der Waals surface area contributed by atoms with E-state index in [1.54, 1.807) is 0 Å². The Bertz CT molecular complexity index is 400. The fourth-order valence-electron chi connectivity index (χ4n) is 0.967. The van der Waals surface area contributed by atoms with Gasteiger partial charge in [0.25, 0.3) is 6.43 Å². The maximum absolute atomic E-state index is 13.2. The SMILES string of the molecule is O=[N+]([O-])c1c(C(F)F)cnc(CCl)c1F. The number of hydrogen-bond acceptors (Lipinski definition) is 3. The quantitative estimate of drug-likeness (QED) is 0.464. The number of nitrogens with zero attached hydrogens (tertiary/aromatic N) is 2. The van der Waals surface area contributed by atoms with Crippen LogP contribution in [0.3, 0.4) is 0 Å². The van der Waals surface area contributed by atoms with Gasteiger partial charge in [-0.2, -0.15) is 4.39 Å². The summed E-state index contributed by atoms with van der Waals surface area (Å²) in [4.78, 5) is 12.4. The van der Waals surface area contributed by atoms with Crippen molar-refractivity contribution in [2.75, 3.05) is 0 Å². The summed E-state index contributed by atoms with van der Waals surface area (Å²) >= 11 is 5.23. The molecule has 0 bridgehead atoms. The molecule has 0 saturated heterocycles. The predicted octanol–water partition coefficient (Wildman–Crippen LogP) is 2.81. The van der Waals surface area contributed by atoms with E-state index in [2.05, 4.69) is 4.98 Å². The fourth-order valence-corrected chi connectivity index (χ4v) is 1.15. The van der Waals surface area contributed by atoms with E-state index in [4.69, 9.17) is 11.6 Å². The first-order valence-corrected chi connectivity index (χ1v) is 4.18. The van der Waals surface area contributed by atoms with Crippen LogP contribution in [0, 0.1) is 15.9 Å². The Morgan fingerprint density at radius 3 is 2.60 bits per heavy atom. The highest BCUT2D eigenvalue weighted by Crippen LogP contribution is 2.31. The number of hydrogen-bond donors (Lipinski definition) is 0. The van der Waals surface area contributed by atoms with Gasteiger partial charge in [0.15, 0.2) is 0 Å². The standard InChI is InChI=1S/C7H4ClF3N2O2/c8-1-4-5(9)6(13(14)15)3(2-12-4)7(10)11/h2,7H,1H2. The van der Waals surface area contributed by atoms with E-state index >= 15 is 0 Å². The van der Waals surface area contributed by atoms with E-state index in [-0.39, 0.29) is 0 Å². The molecule has 0 aromatic carbocycles. The maximum Gasteiger partial charge on any atom is 0.317 e. The summed E-state index contributed by atoms with van der Waals surface area (Å²) in [6.45, 7) is 0. The van der Waals surface area contributed by atoms with Gasteiger partial charge in [0.05, 0.1) is 16.5 Å². The van der Waals surface area contributed by atoms with Crippen molar-refractivity contribution in [3.8, 4) is 0 Å². The van der Waals surface area contributed by atoms with Crippen molar-refractivity contribution in [2.24, 2.45) is 0 Å². The Morgan fingerprint density at radius 1 is 1.60 bits per heavy atom. The summed E-state index contributed by atoms with van der Waals surface area (Å²) in [7, 11) is 0. The molecule has 1 aromatic rings. The molecule has 1 heterocycles. The van der Waals surface area contributed by atoms with Gasteiger partial charge >= 0.3 is 5.69 Å². The van der Waals surface area contributed by atoms with Crippen molar-refractivity contribution in [1.82, 2.24) is 4.98 Å².